The molecule has 0 unspecified atom stereocenters. The van der Waals surface area contributed by atoms with Crippen molar-refractivity contribution in [1.29, 1.82) is 0 Å². The van der Waals surface area contributed by atoms with Gasteiger partial charge in [-0.3, -0.25) is 9.59 Å². The van der Waals surface area contributed by atoms with Crippen molar-refractivity contribution in [2.75, 3.05) is 0 Å². The van der Waals surface area contributed by atoms with Crippen LogP contribution in [0, 0.1) is 0 Å². The van der Waals surface area contributed by atoms with Gasteiger partial charge in [0.1, 0.15) is 0 Å². The van der Waals surface area contributed by atoms with Gasteiger partial charge in [0.25, 0.3) is 0 Å². The fourth-order valence-corrected chi connectivity index (χ4v) is 0.101. The Morgan fingerprint density at radius 3 is 2.14 bits per heavy atom. The molecular formula is C5H6O2. The largest absolute Gasteiger partial charge is 0.294 e. The van der Waals surface area contributed by atoms with Crippen molar-refractivity contribution in [3.05, 3.63) is 12.2 Å². The molecule has 0 bridgehead atoms. The Labute approximate surface area is 41.8 Å². The first-order chi connectivity index (χ1) is 3.18. The van der Waals surface area contributed by atoms with Gasteiger partial charge in [0.05, 0.1) is 0 Å². The third-order valence-corrected chi connectivity index (χ3v) is 0.528. The lowest BCUT2D eigenvalue weighted by atomic mass is 10.2. The third kappa shape index (κ3) is 1.87. The molecule has 0 saturated carbocycles. The molecule has 0 radical (unpaired) electrons. The van der Waals surface area contributed by atoms with E-state index in [-0.39, 0.29) is 11.9 Å². The second kappa shape index (κ2) is 2.29. The summed E-state index contributed by atoms with van der Waals surface area (Å²) in [4.78, 5) is 19.6. The van der Waals surface area contributed by atoms with Crippen molar-refractivity contribution < 1.29 is 9.59 Å². The van der Waals surface area contributed by atoms with Gasteiger partial charge in [-0.05, 0) is 12.5 Å². The Morgan fingerprint density at radius 1 is 1.71 bits per heavy atom. The molecule has 2 heteroatoms. The van der Waals surface area contributed by atoms with Crippen LogP contribution in [0.2, 0.25) is 0 Å². The molecular weight excluding hydrogens is 92.1 g/mol. The molecule has 0 saturated heterocycles. The summed E-state index contributed by atoms with van der Waals surface area (Å²) in [6, 6.07) is 0. The minimum absolute atomic E-state index is 0.252. The van der Waals surface area contributed by atoms with Gasteiger partial charge in [0.2, 0.25) is 5.78 Å². The first-order valence-electron chi connectivity index (χ1n) is 1.83. The zero-order chi connectivity index (χ0) is 5.86. The van der Waals surface area contributed by atoms with E-state index in [1.54, 1.807) is 0 Å². The Balaban J connectivity index is 3.81. The number of Topliss-reactive ketones (excluding diaryl/α,β-unsaturated/α-hetero) is 1. The lowest BCUT2D eigenvalue weighted by Crippen LogP contribution is -1.97. The Bertz CT molecular complexity index is 113. The number of hydrogen-bond donors (Lipinski definition) is 0. The highest BCUT2D eigenvalue weighted by Gasteiger charge is 1.94. The molecule has 0 aliphatic carbocycles. The molecule has 0 amide bonds. The molecule has 38 valence electrons. The first kappa shape index (κ1) is 6.08. The Kier molecular flexibility index (Phi) is 1.99. The van der Waals surface area contributed by atoms with Crippen LogP contribution in [0.25, 0.3) is 0 Å². The quantitative estimate of drug-likeness (QED) is 0.283. The normalized spacial score (nSPS) is 7.57. The number of rotatable bonds is 2. The number of allylic oxidation sites excluding steroid dienone is 1. The van der Waals surface area contributed by atoms with E-state index in [0.29, 0.717) is 0 Å². The summed E-state index contributed by atoms with van der Waals surface area (Å²) >= 11 is 0. The average molecular weight is 98.1 g/mol. The summed E-state index contributed by atoms with van der Waals surface area (Å²) in [5.74, 6) is -0.528. The molecule has 0 aromatic carbocycles. The number of ketones is 1. The van der Waals surface area contributed by atoms with Crippen LogP contribution in [0.5, 0.6) is 0 Å². The third-order valence-electron chi connectivity index (χ3n) is 0.528. The van der Waals surface area contributed by atoms with Gasteiger partial charge in [-0.2, -0.15) is 0 Å². The van der Waals surface area contributed by atoms with Crippen LogP contribution in [0.4, 0.5) is 0 Å². The summed E-state index contributed by atoms with van der Waals surface area (Å²) in [5, 5.41) is 0. The van der Waals surface area contributed by atoms with E-state index < -0.39 is 5.78 Å². The highest BCUT2D eigenvalue weighted by atomic mass is 16.2. The summed E-state index contributed by atoms with van der Waals surface area (Å²) in [5.41, 5.74) is 0.287. The number of aldehydes is 1. The highest BCUT2D eigenvalue weighted by Crippen LogP contribution is 1.82. The number of carbonyl (C=O) groups excluding carboxylic acids is 2. The van der Waals surface area contributed by atoms with Gasteiger partial charge < -0.3 is 0 Å². The smallest absolute Gasteiger partial charge is 0.220 e. The number of carbonyl (C=O) groups is 2. The van der Waals surface area contributed by atoms with E-state index in [9.17, 15) is 9.59 Å². The van der Waals surface area contributed by atoms with Gasteiger partial charge in [-0.1, -0.05) is 6.58 Å². The van der Waals surface area contributed by atoms with E-state index in [1.807, 2.05) is 0 Å². The SMILES string of the molecule is C=C(C)C(=O)C=O. The van der Waals surface area contributed by atoms with Crippen molar-refractivity contribution >= 4 is 12.1 Å². The second-order valence-electron chi connectivity index (χ2n) is 1.26. The van der Waals surface area contributed by atoms with Crippen molar-refractivity contribution in [3.63, 3.8) is 0 Å². The fourth-order valence-electron chi connectivity index (χ4n) is 0.101. The molecule has 0 aliphatic heterocycles. The highest BCUT2D eigenvalue weighted by molar-refractivity contribution is 6.32. The minimum Gasteiger partial charge on any atom is -0.294 e. The van der Waals surface area contributed by atoms with Crippen molar-refractivity contribution in [3.8, 4) is 0 Å². The lowest BCUT2D eigenvalue weighted by Gasteiger charge is -1.79. The Hall–Kier alpha value is -0.920. The predicted molar refractivity (Wildman–Crippen MR) is 25.9 cm³/mol. The lowest BCUT2D eigenvalue weighted by molar-refractivity contribution is -0.127. The molecule has 0 fully saturated rings. The molecule has 0 heterocycles. The van der Waals surface area contributed by atoms with Gasteiger partial charge in [0.15, 0.2) is 6.29 Å². The molecule has 0 rings (SSSR count). The Morgan fingerprint density at radius 2 is 2.14 bits per heavy atom. The van der Waals surface area contributed by atoms with Gasteiger partial charge >= 0.3 is 0 Å². The maximum atomic E-state index is 10.0. The van der Waals surface area contributed by atoms with Crippen LogP contribution in [0.15, 0.2) is 12.2 Å². The van der Waals surface area contributed by atoms with Crippen molar-refractivity contribution in [2.45, 2.75) is 6.92 Å². The minimum atomic E-state index is -0.528. The molecule has 0 N–H and O–H groups in total. The summed E-state index contributed by atoms with van der Waals surface area (Å²) in [7, 11) is 0. The maximum absolute atomic E-state index is 10.0. The van der Waals surface area contributed by atoms with Crippen LogP contribution in [0.1, 0.15) is 6.92 Å². The van der Waals surface area contributed by atoms with Gasteiger partial charge in [-0.15, -0.1) is 0 Å². The van der Waals surface area contributed by atoms with E-state index in [1.165, 1.54) is 6.92 Å². The van der Waals surface area contributed by atoms with Crippen molar-refractivity contribution in [1.82, 2.24) is 0 Å². The standard InChI is InChI=1S/C5H6O2/c1-4(2)5(7)3-6/h3H,1H2,2H3. The zero-order valence-electron chi connectivity index (χ0n) is 4.10. The van der Waals surface area contributed by atoms with Crippen LogP contribution in [0.3, 0.4) is 0 Å². The molecule has 0 aromatic rings. The van der Waals surface area contributed by atoms with Crippen LogP contribution < -0.4 is 0 Å². The fraction of sp³-hybridized carbons (Fsp3) is 0.200. The van der Waals surface area contributed by atoms with Crippen LogP contribution in [-0.2, 0) is 9.59 Å². The van der Waals surface area contributed by atoms with Crippen LogP contribution in [-0.4, -0.2) is 12.1 Å². The number of hydrogen-bond acceptors (Lipinski definition) is 2. The molecule has 2 nitrogen and oxygen atoms in total. The van der Waals surface area contributed by atoms with Crippen molar-refractivity contribution in [2.24, 2.45) is 0 Å². The molecule has 0 aromatic heterocycles. The van der Waals surface area contributed by atoms with E-state index in [0.717, 1.165) is 0 Å². The summed E-state index contributed by atoms with van der Waals surface area (Å²) in [6.07, 6.45) is 0.252. The topological polar surface area (TPSA) is 34.1 Å². The van der Waals surface area contributed by atoms with Crippen LogP contribution >= 0.6 is 0 Å². The zero-order valence-corrected chi connectivity index (χ0v) is 4.10. The molecule has 0 spiro atoms. The van der Waals surface area contributed by atoms with E-state index in [2.05, 4.69) is 6.58 Å². The van der Waals surface area contributed by atoms with Gasteiger partial charge in [0, 0.05) is 0 Å². The summed E-state index contributed by atoms with van der Waals surface area (Å²) < 4.78 is 0. The van der Waals surface area contributed by atoms with E-state index in [4.69, 9.17) is 0 Å². The van der Waals surface area contributed by atoms with Gasteiger partial charge in [-0.25, -0.2) is 0 Å². The predicted octanol–water partition coefficient (Wildman–Crippen LogP) is 0.330. The monoisotopic (exact) mass is 98.0 g/mol. The average Bonchev–Trinajstić information content (AvgIpc) is 1.65. The molecule has 0 aliphatic rings. The molecule has 7 heavy (non-hydrogen) atoms. The second-order valence-corrected chi connectivity index (χ2v) is 1.26. The summed E-state index contributed by atoms with van der Waals surface area (Å²) in [6.45, 7) is 4.74. The van der Waals surface area contributed by atoms with E-state index >= 15 is 0 Å². The molecule has 0 atom stereocenters. The maximum Gasteiger partial charge on any atom is 0.220 e. The first-order valence-corrected chi connectivity index (χ1v) is 1.83.